The molecular weight excluding hydrogens is 540 g/mol. The minimum Gasteiger partial charge on any atom is -0.476 e. The molecule has 3 aliphatic rings. The smallest absolute Gasteiger partial charge is 0.268 e. The minimum atomic E-state index is -4.07. The van der Waals surface area contributed by atoms with E-state index in [9.17, 15) is 13.2 Å². The van der Waals surface area contributed by atoms with Gasteiger partial charge in [-0.2, -0.15) is 0 Å². The van der Waals surface area contributed by atoms with Gasteiger partial charge in [0, 0.05) is 43.8 Å². The summed E-state index contributed by atoms with van der Waals surface area (Å²) in [5.74, 6) is 3.39. The molecule has 3 aromatic heterocycles. The maximum Gasteiger partial charge on any atom is 0.268 e. The van der Waals surface area contributed by atoms with Crippen molar-refractivity contribution in [3.63, 3.8) is 0 Å². The zero-order valence-corrected chi connectivity index (χ0v) is 25.3. The normalized spacial score (nSPS) is 25.1. The number of ether oxygens (including phenoxy) is 1. The highest BCUT2D eigenvalue weighted by molar-refractivity contribution is 7.90. The van der Waals surface area contributed by atoms with E-state index in [-0.39, 0.29) is 16.0 Å². The van der Waals surface area contributed by atoms with Crippen molar-refractivity contribution in [2.24, 2.45) is 30.7 Å². The molecule has 0 radical (unpaired) electrons. The van der Waals surface area contributed by atoms with Crippen LogP contribution in [0.25, 0.3) is 5.82 Å². The standard InChI is InChI=1S/C30H40N6O4S/c1-19-14-30(3,4)35(15-19)28-23(29(37)33-41(38,39)25-17-34(5)16-20(25)2)10-11-26(31-28)36-13-12-27(32-36)40-18-24-21-6-7-22(24)9-8-21/h10-13,16-17,19,21-22,24H,6-9,14-15,18H2,1-5H3,(H,33,37)/t19-,21?,22?,24?/m0/s1. The molecule has 1 amide bonds. The van der Waals surface area contributed by atoms with Crippen molar-refractivity contribution in [2.45, 2.75) is 70.2 Å². The van der Waals surface area contributed by atoms with Crippen molar-refractivity contribution in [1.29, 1.82) is 0 Å². The Bertz CT molecular complexity index is 1550. The Morgan fingerprint density at radius 1 is 1.12 bits per heavy atom. The van der Waals surface area contributed by atoms with E-state index >= 15 is 0 Å². The molecule has 2 bridgehead atoms. The number of fused-ring (bicyclic) bond motifs is 2. The number of nitrogens with zero attached hydrogens (tertiary/aromatic N) is 5. The molecule has 11 heteroatoms. The number of rotatable bonds is 8. The van der Waals surface area contributed by atoms with Crippen LogP contribution in [0.1, 0.15) is 68.8 Å². The SMILES string of the molecule is Cc1cn(C)cc1S(=O)(=O)NC(=O)c1ccc(-n2ccc(OCC3C4CCC3CC4)n2)nc1N1C[C@@H](C)CC1(C)C. The molecule has 3 fully saturated rings. The molecule has 0 aromatic carbocycles. The largest absolute Gasteiger partial charge is 0.476 e. The number of pyridine rings is 1. The molecule has 2 aliphatic carbocycles. The molecule has 10 nitrogen and oxygen atoms in total. The molecule has 1 atom stereocenters. The summed E-state index contributed by atoms with van der Waals surface area (Å²) < 4.78 is 38.0. The van der Waals surface area contributed by atoms with Crippen LogP contribution >= 0.6 is 0 Å². The molecule has 1 N–H and O–H groups in total. The Kier molecular flexibility index (Phi) is 6.91. The van der Waals surface area contributed by atoms with Crippen molar-refractivity contribution in [3.8, 4) is 11.7 Å². The van der Waals surface area contributed by atoms with Gasteiger partial charge >= 0.3 is 0 Å². The van der Waals surface area contributed by atoms with E-state index in [0.29, 0.717) is 48.1 Å². The number of hydrogen-bond acceptors (Lipinski definition) is 7. The lowest BCUT2D eigenvalue weighted by Crippen LogP contribution is -2.41. The van der Waals surface area contributed by atoms with Crippen molar-refractivity contribution in [3.05, 3.63) is 47.9 Å². The van der Waals surface area contributed by atoms with Gasteiger partial charge in [-0.05, 0) is 94.2 Å². The number of carbonyl (C=O) groups is 1. The van der Waals surface area contributed by atoms with Gasteiger partial charge in [0.25, 0.3) is 15.9 Å². The maximum absolute atomic E-state index is 13.5. The van der Waals surface area contributed by atoms with Crippen molar-refractivity contribution in [2.75, 3.05) is 18.1 Å². The average Bonchev–Trinajstić information content (AvgIpc) is 3.72. The van der Waals surface area contributed by atoms with Crippen LogP contribution in [0.5, 0.6) is 5.88 Å². The topological polar surface area (TPSA) is 111 Å². The van der Waals surface area contributed by atoms with Crippen LogP contribution in [-0.4, -0.2) is 52.3 Å². The molecule has 6 rings (SSSR count). The number of sulfonamides is 1. The summed E-state index contributed by atoms with van der Waals surface area (Å²) in [5.41, 5.74) is 0.496. The molecule has 220 valence electrons. The van der Waals surface area contributed by atoms with E-state index in [1.54, 1.807) is 41.5 Å². The summed E-state index contributed by atoms with van der Waals surface area (Å²) in [6, 6.07) is 5.17. The molecule has 4 heterocycles. The van der Waals surface area contributed by atoms with Gasteiger partial charge in [-0.1, -0.05) is 6.92 Å². The highest BCUT2D eigenvalue weighted by atomic mass is 32.2. The molecule has 0 spiro atoms. The Morgan fingerprint density at radius 3 is 2.44 bits per heavy atom. The van der Waals surface area contributed by atoms with Gasteiger partial charge in [-0.25, -0.2) is 22.8 Å². The third-order valence-electron chi connectivity index (χ3n) is 9.31. The molecule has 1 saturated heterocycles. The predicted molar refractivity (Wildman–Crippen MR) is 156 cm³/mol. The third-order valence-corrected chi connectivity index (χ3v) is 10.8. The fourth-order valence-electron chi connectivity index (χ4n) is 7.47. The van der Waals surface area contributed by atoms with E-state index in [4.69, 9.17) is 9.72 Å². The van der Waals surface area contributed by atoms with E-state index in [2.05, 4.69) is 35.5 Å². The van der Waals surface area contributed by atoms with Crippen LogP contribution in [0.3, 0.4) is 0 Å². The van der Waals surface area contributed by atoms with Gasteiger partial charge in [0.15, 0.2) is 5.82 Å². The number of anilines is 1. The number of amides is 1. The van der Waals surface area contributed by atoms with Crippen LogP contribution in [0.2, 0.25) is 0 Å². The molecule has 1 aliphatic heterocycles. The average molecular weight is 581 g/mol. The van der Waals surface area contributed by atoms with Gasteiger partial charge in [0.05, 0.1) is 12.2 Å². The third kappa shape index (κ3) is 5.24. The summed E-state index contributed by atoms with van der Waals surface area (Å²) in [4.78, 5) is 20.6. The van der Waals surface area contributed by atoms with Gasteiger partial charge in [0.2, 0.25) is 5.88 Å². The zero-order valence-electron chi connectivity index (χ0n) is 24.5. The number of nitrogens with one attached hydrogen (secondary N) is 1. The Hall–Kier alpha value is -3.34. The maximum atomic E-state index is 13.5. The van der Waals surface area contributed by atoms with Gasteiger partial charge in [0.1, 0.15) is 10.7 Å². The predicted octanol–water partition coefficient (Wildman–Crippen LogP) is 4.47. The molecule has 3 aromatic rings. The summed E-state index contributed by atoms with van der Waals surface area (Å²) in [6.45, 7) is 9.50. The van der Waals surface area contributed by atoms with E-state index in [1.807, 2.05) is 12.3 Å². The second kappa shape index (κ2) is 10.2. The first-order valence-electron chi connectivity index (χ1n) is 14.6. The lowest BCUT2D eigenvalue weighted by atomic mass is 9.97. The van der Waals surface area contributed by atoms with E-state index < -0.39 is 15.9 Å². The monoisotopic (exact) mass is 580 g/mol. The molecule has 41 heavy (non-hydrogen) atoms. The first-order chi connectivity index (χ1) is 19.4. The highest BCUT2D eigenvalue weighted by Crippen LogP contribution is 2.49. The Balaban J connectivity index is 1.28. The summed E-state index contributed by atoms with van der Waals surface area (Å²) in [6.07, 6.45) is 11.2. The second-order valence-corrected chi connectivity index (χ2v) is 14.6. The highest BCUT2D eigenvalue weighted by Gasteiger charge is 2.42. The van der Waals surface area contributed by atoms with Gasteiger partial charge in [-0.3, -0.25) is 4.79 Å². The van der Waals surface area contributed by atoms with Crippen molar-refractivity contribution in [1.82, 2.24) is 24.1 Å². The second-order valence-electron chi connectivity index (χ2n) is 12.9. The van der Waals surface area contributed by atoms with Gasteiger partial charge < -0.3 is 14.2 Å². The van der Waals surface area contributed by atoms with E-state index in [1.165, 1.54) is 31.9 Å². The minimum absolute atomic E-state index is 0.0734. The fraction of sp³-hybridized carbons (Fsp3) is 0.567. The fourth-order valence-corrected chi connectivity index (χ4v) is 8.71. The summed E-state index contributed by atoms with van der Waals surface area (Å²) in [5, 5.41) is 4.63. The molecular formula is C30H40N6O4S. The van der Waals surface area contributed by atoms with Crippen LogP contribution in [-0.2, 0) is 17.1 Å². The van der Waals surface area contributed by atoms with Crippen LogP contribution in [0.15, 0.2) is 41.7 Å². The van der Waals surface area contributed by atoms with Gasteiger partial charge in [-0.15, -0.1) is 5.10 Å². The van der Waals surface area contributed by atoms with Crippen molar-refractivity contribution >= 4 is 21.7 Å². The Morgan fingerprint density at radius 2 is 1.83 bits per heavy atom. The summed E-state index contributed by atoms with van der Waals surface area (Å²) >= 11 is 0. The zero-order chi connectivity index (χ0) is 29.1. The van der Waals surface area contributed by atoms with Crippen LogP contribution in [0, 0.1) is 30.6 Å². The Labute approximate surface area is 242 Å². The lowest BCUT2D eigenvalue weighted by molar-refractivity contribution is 0.0981. The quantitative estimate of drug-likeness (QED) is 0.418. The van der Waals surface area contributed by atoms with Crippen LogP contribution in [0.4, 0.5) is 5.82 Å². The number of aryl methyl sites for hydroxylation is 2. The molecule has 0 unspecified atom stereocenters. The van der Waals surface area contributed by atoms with Crippen molar-refractivity contribution < 1.29 is 17.9 Å². The molecule has 2 saturated carbocycles. The van der Waals surface area contributed by atoms with E-state index in [0.717, 1.165) is 18.3 Å². The number of carbonyl (C=O) groups excluding carboxylic acids is 1. The number of aromatic nitrogens is 4. The summed E-state index contributed by atoms with van der Waals surface area (Å²) in [7, 11) is -2.33. The van der Waals surface area contributed by atoms with Crippen LogP contribution < -0.4 is 14.4 Å². The lowest BCUT2D eigenvalue weighted by Gasteiger charge is -2.34. The number of hydrogen-bond donors (Lipinski definition) is 1. The first-order valence-corrected chi connectivity index (χ1v) is 16.1. The first kappa shape index (κ1) is 27.8.